The summed E-state index contributed by atoms with van der Waals surface area (Å²) in [6, 6.07) is 5.62. The molecule has 1 amide bonds. The molecule has 2 aliphatic rings. The quantitative estimate of drug-likeness (QED) is 0.844. The number of rotatable bonds is 3. The molecule has 6 nitrogen and oxygen atoms in total. The van der Waals surface area contributed by atoms with E-state index in [1.54, 1.807) is 18.6 Å². The number of aryl methyl sites for hydroxylation is 1. The highest BCUT2D eigenvalue weighted by Crippen LogP contribution is 2.31. The number of hydrogen-bond acceptors (Lipinski definition) is 5. The van der Waals surface area contributed by atoms with Crippen molar-refractivity contribution < 1.29 is 18.4 Å². The van der Waals surface area contributed by atoms with Crippen LogP contribution < -0.4 is 0 Å². The van der Waals surface area contributed by atoms with Crippen LogP contribution in [0, 0.1) is 6.92 Å². The minimum absolute atomic E-state index is 0.0128. The van der Waals surface area contributed by atoms with E-state index in [1.807, 2.05) is 24.0 Å². The maximum atomic E-state index is 12.7. The van der Waals surface area contributed by atoms with Gasteiger partial charge in [0.1, 0.15) is 5.76 Å². The van der Waals surface area contributed by atoms with E-state index >= 15 is 0 Å². The molecule has 0 radical (unpaired) electrons. The van der Waals surface area contributed by atoms with E-state index in [2.05, 4.69) is 4.90 Å². The van der Waals surface area contributed by atoms with Gasteiger partial charge in [0.05, 0.1) is 24.7 Å². The molecule has 26 heavy (non-hydrogen) atoms. The van der Waals surface area contributed by atoms with Crippen LogP contribution in [-0.4, -0.2) is 54.1 Å². The number of amides is 1. The number of carbonyl (C=O) groups excluding carboxylic acids is 1. The Bertz CT molecular complexity index is 739. The third-order valence-electron chi connectivity index (χ3n) is 5.45. The smallest absolute Gasteiger partial charge is 0.289 e. The van der Waals surface area contributed by atoms with Gasteiger partial charge >= 0.3 is 0 Å². The van der Waals surface area contributed by atoms with E-state index in [0.29, 0.717) is 12.3 Å². The van der Waals surface area contributed by atoms with Crippen LogP contribution in [0.5, 0.6) is 0 Å². The van der Waals surface area contributed by atoms with Gasteiger partial charge in [0.15, 0.2) is 5.76 Å². The molecule has 1 atom stereocenters. The third-order valence-corrected chi connectivity index (χ3v) is 5.45. The fourth-order valence-electron chi connectivity index (χ4n) is 4.08. The summed E-state index contributed by atoms with van der Waals surface area (Å²) in [6.07, 6.45) is 6.32. The van der Waals surface area contributed by atoms with Crippen molar-refractivity contribution in [3.05, 3.63) is 47.8 Å². The van der Waals surface area contributed by atoms with Gasteiger partial charge in [0, 0.05) is 38.3 Å². The van der Waals surface area contributed by atoms with Crippen LogP contribution in [-0.2, 0) is 11.3 Å². The van der Waals surface area contributed by atoms with Gasteiger partial charge in [0.25, 0.3) is 5.91 Å². The fraction of sp³-hybridized carbons (Fsp3) is 0.550. The lowest BCUT2D eigenvalue weighted by molar-refractivity contribution is -0.118. The minimum Gasteiger partial charge on any atom is -0.472 e. The SMILES string of the molecule is Cc1ccc(C(=O)N2CCCC3(CC2)CN(Cc2ccoc2)CCO3)o1. The van der Waals surface area contributed by atoms with Gasteiger partial charge in [-0.15, -0.1) is 0 Å². The van der Waals surface area contributed by atoms with Crippen molar-refractivity contribution in [1.82, 2.24) is 9.80 Å². The molecule has 6 heteroatoms. The molecule has 0 aliphatic carbocycles. The van der Waals surface area contributed by atoms with Gasteiger partial charge in [0.2, 0.25) is 0 Å². The second-order valence-electron chi connectivity index (χ2n) is 7.43. The first-order valence-electron chi connectivity index (χ1n) is 9.37. The number of ether oxygens (including phenoxy) is 1. The zero-order valence-electron chi connectivity index (χ0n) is 15.3. The topological polar surface area (TPSA) is 59.1 Å². The average molecular weight is 358 g/mol. The first kappa shape index (κ1) is 17.4. The van der Waals surface area contributed by atoms with Gasteiger partial charge in [-0.05, 0) is 44.4 Å². The maximum Gasteiger partial charge on any atom is 0.289 e. The second-order valence-corrected chi connectivity index (χ2v) is 7.43. The van der Waals surface area contributed by atoms with E-state index in [-0.39, 0.29) is 11.5 Å². The lowest BCUT2D eigenvalue weighted by Crippen LogP contribution is -2.51. The molecule has 0 bridgehead atoms. The highest BCUT2D eigenvalue weighted by atomic mass is 16.5. The number of nitrogens with zero attached hydrogens (tertiary/aromatic N) is 2. The molecule has 4 heterocycles. The summed E-state index contributed by atoms with van der Waals surface area (Å²) in [6.45, 7) is 6.78. The molecule has 2 fully saturated rings. The largest absolute Gasteiger partial charge is 0.472 e. The van der Waals surface area contributed by atoms with E-state index in [9.17, 15) is 4.79 Å². The molecule has 0 saturated carbocycles. The summed E-state index contributed by atoms with van der Waals surface area (Å²) in [4.78, 5) is 17.0. The normalized spacial score (nSPS) is 24.7. The Kier molecular flexibility index (Phi) is 4.87. The molecular weight excluding hydrogens is 332 g/mol. The van der Waals surface area contributed by atoms with Gasteiger partial charge < -0.3 is 18.5 Å². The van der Waals surface area contributed by atoms with Crippen LogP contribution in [0.1, 0.15) is 41.1 Å². The molecular formula is C20H26N2O4. The Morgan fingerprint density at radius 1 is 1.19 bits per heavy atom. The Labute approximate surface area is 153 Å². The van der Waals surface area contributed by atoms with Crippen molar-refractivity contribution in [2.24, 2.45) is 0 Å². The first-order valence-corrected chi connectivity index (χ1v) is 9.37. The van der Waals surface area contributed by atoms with Gasteiger partial charge in [-0.1, -0.05) is 0 Å². The zero-order chi connectivity index (χ0) is 18.0. The lowest BCUT2D eigenvalue weighted by Gasteiger charge is -2.42. The average Bonchev–Trinajstić information content (AvgIpc) is 3.25. The zero-order valence-corrected chi connectivity index (χ0v) is 15.3. The molecule has 0 N–H and O–H groups in total. The third kappa shape index (κ3) is 3.71. The summed E-state index contributed by atoms with van der Waals surface area (Å²) in [5.41, 5.74) is 1.04. The van der Waals surface area contributed by atoms with Gasteiger partial charge in [-0.2, -0.15) is 0 Å². The van der Waals surface area contributed by atoms with Crippen molar-refractivity contribution in [1.29, 1.82) is 0 Å². The van der Waals surface area contributed by atoms with Crippen molar-refractivity contribution >= 4 is 5.91 Å². The van der Waals surface area contributed by atoms with Crippen LogP contribution >= 0.6 is 0 Å². The number of furan rings is 2. The highest BCUT2D eigenvalue weighted by molar-refractivity contribution is 5.91. The van der Waals surface area contributed by atoms with Crippen molar-refractivity contribution in [2.75, 3.05) is 32.8 Å². The Balaban J connectivity index is 1.39. The van der Waals surface area contributed by atoms with E-state index in [4.69, 9.17) is 13.6 Å². The predicted molar refractivity (Wildman–Crippen MR) is 95.9 cm³/mol. The first-order chi connectivity index (χ1) is 12.6. The molecule has 1 spiro atoms. The molecule has 2 saturated heterocycles. The molecule has 2 aliphatic heterocycles. The van der Waals surface area contributed by atoms with Crippen molar-refractivity contribution in [3.8, 4) is 0 Å². The highest BCUT2D eigenvalue weighted by Gasteiger charge is 2.39. The number of carbonyl (C=O) groups is 1. The lowest BCUT2D eigenvalue weighted by atomic mass is 9.92. The van der Waals surface area contributed by atoms with E-state index in [1.165, 1.54) is 5.56 Å². The number of likely N-dealkylation sites (tertiary alicyclic amines) is 1. The van der Waals surface area contributed by atoms with Crippen LogP contribution in [0.15, 0.2) is 39.6 Å². The van der Waals surface area contributed by atoms with Gasteiger partial charge in [-0.25, -0.2) is 0 Å². The minimum atomic E-state index is -0.157. The summed E-state index contributed by atoms with van der Waals surface area (Å²) in [5, 5.41) is 0. The molecule has 1 unspecified atom stereocenters. The van der Waals surface area contributed by atoms with Gasteiger partial charge in [-0.3, -0.25) is 9.69 Å². The predicted octanol–water partition coefficient (Wildman–Crippen LogP) is 3.08. The maximum absolute atomic E-state index is 12.7. The van der Waals surface area contributed by atoms with Crippen molar-refractivity contribution in [3.63, 3.8) is 0 Å². The van der Waals surface area contributed by atoms with E-state index in [0.717, 1.165) is 57.8 Å². The van der Waals surface area contributed by atoms with Crippen molar-refractivity contribution in [2.45, 2.75) is 38.3 Å². The number of hydrogen-bond donors (Lipinski definition) is 0. The molecule has 2 aromatic heterocycles. The van der Waals surface area contributed by atoms with Crippen LogP contribution in [0.25, 0.3) is 0 Å². The summed E-state index contributed by atoms with van der Waals surface area (Å²) in [7, 11) is 0. The fourth-order valence-corrected chi connectivity index (χ4v) is 4.08. The second kappa shape index (κ2) is 7.29. The Morgan fingerprint density at radius 2 is 2.12 bits per heavy atom. The Morgan fingerprint density at radius 3 is 2.88 bits per heavy atom. The number of morpholine rings is 1. The van der Waals surface area contributed by atoms with E-state index < -0.39 is 0 Å². The monoisotopic (exact) mass is 358 g/mol. The molecule has 0 aromatic carbocycles. The van der Waals surface area contributed by atoms with Crippen LogP contribution in [0.4, 0.5) is 0 Å². The summed E-state index contributed by atoms with van der Waals surface area (Å²) in [5.74, 6) is 1.19. The van der Waals surface area contributed by atoms with Crippen LogP contribution in [0.2, 0.25) is 0 Å². The summed E-state index contributed by atoms with van der Waals surface area (Å²) < 4.78 is 16.9. The Hall–Kier alpha value is -2.05. The van der Waals surface area contributed by atoms with Crippen LogP contribution in [0.3, 0.4) is 0 Å². The summed E-state index contributed by atoms with van der Waals surface area (Å²) >= 11 is 0. The molecule has 4 rings (SSSR count). The molecule has 2 aromatic rings. The standard InChI is InChI=1S/C20H26N2O4/c1-16-3-4-18(26-16)19(23)22-8-2-6-20(7-9-22)15-21(10-12-25-20)13-17-5-11-24-14-17/h3-5,11,14H,2,6-10,12-13,15H2,1H3. The molecule has 140 valence electrons.